The molecule has 0 atom stereocenters. The number of carbonyl (C=O) groups is 1. The molecule has 0 aromatic heterocycles. The lowest BCUT2D eigenvalue weighted by atomic mass is 10.2. The van der Waals surface area contributed by atoms with Gasteiger partial charge in [-0.2, -0.15) is 0 Å². The van der Waals surface area contributed by atoms with E-state index in [0.29, 0.717) is 12.3 Å². The van der Waals surface area contributed by atoms with E-state index in [4.69, 9.17) is 9.47 Å². The van der Waals surface area contributed by atoms with Crippen LogP contribution in [0.25, 0.3) is 0 Å². The first-order valence-corrected chi connectivity index (χ1v) is 8.37. The van der Waals surface area contributed by atoms with Gasteiger partial charge in [0.25, 0.3) is 0 Å². The molecule has 0 saturated carbocycles. The van der Waals surface area contributed by atoms with Gasteiger partial charge in [0.1, 0.15) is 12.4 Å². The summed E-state index contributed by atoms with van der Waals surface area (Å²) in [5, 5.41) is 0. The van der Waals surface area contributed by atoms with Crippen LogP contribution in [0.15, 0.2) is 48.5 Å². The smallest absolute Gasteiger partial charge is 0.432 e. The number of hydrogen-bond acceptors (Lipinski definition) is 4. The monoisotopic (exact) mass is 327 g/mol. The molecule has 4 nitrogen and oxygen atoms in total. The van der Waals surface area contributed by atoms with E-state index in [2.05, 4.69) is 43.9 Å². The zero-order chi connectivity index (χ0) is 17.4. The summed E-state index contributed by atoms with van der Waals surface area (Å²) < 4.78 is 10.4. The third kappa shape index (κ3) is 5.30. The van der Waals surface area contributed by atoms with Crippen molar-refractivity contribution in [3.05, 3.63) is 59.7 Å². The zero-order valence-corrected chi connectivity index (χ0v) is 14.6. The molecule has 0 amide bonds. The van der Waals surface area contributed by atoms with Gasteiger partial charge in [-0.1, -0.05) is 31.2 Å². The highest BCUT2D eigenvalue weighted by Gasteiger charge is 2.09. The maximum absolute atomic E-state index is 11.8. The van der Waals surface area contributed by atoms with Gasteiger partial charge < -0.3 is 14.4 Å². The largest absolute Gasteiger partial charge is 0.513 e. The van der Waals surface area contributed by atoms with Crippen LogP contribution < -0.4 is 9.64 Å². The van der Waals surface area contributed by atoms with E-state index in [-0.39, 0.29) is 6.61 Å². The summed E-state index contributed by atoms with van der Waals surface area (Å²) in [6.45, 7) is 7.99. The fourth-order valence-corrected chi connectivity index (χ4v) is 2.45. The Bertz CT molecular complexity index is 652. The van der Waals surface area contributed by atoms with Crippen molar-refractivity contribution in [3.63, 3.8) is 0 Å². The molecule has 128 valence electrons. The second-order valence-corrected chi connectivity index (χ2v) is 5.62. The first-order chi connectivity index (χ1) is 11.6. The first kappa shape index (κ1) is 17.9. The average molecular weight is 327 g/mol. The lowest BCUT2D eigenvalue weighted by molar-refractivity contribution is 0.101. The number of hydrogen-bond donors (Lipinski definition) is 0. The molecular formula is C20H25NO3. The molecule has 0 saturated heterocycles. The molecule has 0 N–H and O–H groups in total. The fourth-order valence-electron chi connectivity index (χ4n) is 2.45. The molecule has 2 aromatic carbocycles. The minimum absolute atomic E-state index is 0.285. The standard InChI is InChI=1S/C20H25NO3/c1-4-17-9-11-19(12-10-17)24-20(22)23-14-13-21(5-2)18-8-6-7-16(3)15-18/h6-12,15H,4-5,13-14H2,1-3H3. The number of aryl methyl sites for hydroxylation is 2. The van der Waals surface area contributed by atoms with Gasteiger partial charge in [0.05, 0.1) is 6.54 Å². The van der Waals surface area contributed by atoms with E-state index >= 15 is 0 Å². The Labute approximate surface area is 144 Å². The molecule has 0 spiro atoms. The third-order valence-corrected chi connectivity index (χ3v) is 3.86. The van der Waals surface area contributed by atoms with Gasteiger partial charge in [0.2, 0.25) is 0 Å². The van der Waals surface area contributed by atoms with Crippen LogP contribution in [0.3, 0.4) is 0 Å². The van der Waals surface area contributed by atoms with E-state index in [9.17, 15) is 4.79 Å². The maximum atomic E-state index is 11.8. The van der Waals surface area contributed by atoms with E-state index in [1.807, 2.05) is 18.2 Å². The summed E-state index contributed by atoms with van der Waals surface area (Å²) in [7, 11) is 0. The van der Waals surface area contributed by atoms with Crippen molar-refractivity contribution in [3.8, 4) is 5.75 Å². The van der Waals surface area contributed by atoms with Crippen LogP contribution in [-0.4, -0.2) is 25.9 Å². The van der Waals surface area contributed by atoms with Crippen LogP contribution in [0.4, 0.5) is 10.5 Å². The molecule has 0 radical (unpaired) electrons. The predicted octanol–water partition coefficient (Wildman–Crippen LogP) is 4.60. The van der Waals surface area contributed by atoms with Crippen LogP contribution >= 0.6 is 0 Å². The fraction of sp³-hybridized carbons (Fsp3) is 0.350. The van der Waals surface area contributed by atoms with E-state index in [1.54, 1.807) is 12.1 Å². The molecule has 2 aromatic rings. The maximum Gasteiger partial charge on any atom is 0.513 e. The zero-order valence-electron chi connectivity index (χ0n) is 14.6. The Kier molecular flexibility index (Phi) is 6.67. The summed E-state index contributed by atoms with van der Waals surface area (Å²) in [5.41, 5.74) is 3.54. The Balaban J connectivity index is 1.80. The molecule has 0 aliphatic carbocycles. The predicted molar refractivity (Wildman–Crippen MR) is 96.9 cm³/mol. The van der Waals surface area contributed by atoms with Crippen molar-refractivity contribution in [1.29, 1.82) is 0 Å². The highest BCUT2D eigenvalue weighted by atomic mass is 16.7. The second-order valence-electron chi connectivity index (χ2n) is 5.62. The highest BCUT2D eigenvalue weighted by molar-refractivity contribution is 5.63. The minimum Gasteiger partial charge on any atom is -0.432 e. The Morgan fingerprint density at radius 2 is 1.83 bits per heavy atom. The van der Waals surface area contributed by atoms with Gasteiger partial charge in [-0.25, -0.2) is 4.79 Å². The van der Waals surface area contributed by atoms with Gasteiger partial charge in [-0.05, 0) is 55.7 Å². The summed E-state index contributed by atoms with van der Waals surface area (Å²) >= 11 is 0. The molecular weight excluding hydrogens is 302 g/mol. The highest BCUT2D eigenvalue weighted by Crippen LogP contribution is 2.16. The van der Waals surface area contributed by atoms with Crippen LogP contribution in [0, 0.1) is 6.92 Å². The summed E-state index contributed by atoms with van der Waals surface area (Å²) in [6, 6.07) is 15.7. The molecule has 0 unspecified atom stereocenters. The molecule has 0 fully saturated rings. The summed E-state index contributed by atoms with van der Waals surface area (Å²) in [6.07, 6.45) is 0.288. The van der Waals surface area contributed by atoms with Gasteiger partial charge in [0.15, 0.2) is 0 Å². The lowest BCUT2D eigenvalue weighted by Gasteiger charge is -2.23. The third-order valence-electron chi connectivity index (χ3n) is 3.86. The van der Waals surface area contributed by atoms with Crippen LogP contribution in [-0.2, 0) is 11.2 Å². The van der Waals surface area contributed by atoms with Gasteiger partial charge in [0, 0.05) is 12.2 Å². The van der Waals surface area contributed by atoms with Crippen molar-refractivity contribution >= 4 is 11.8 Å². The quantitative estimate of drug-likeness (QED) is 0.550. The number of rotatable bonds is 7. The van der Waals surface area contributed by atoms with Crippen LogP contribution in [0.1, 0.15) is 25.0 Å². The number of carbonyl (C=O) groups excluding carboxylic acids is 1. The molecule has 0 aliphatic heterocycles. The minimum atomic E-state index is -0.667. The SMILES string of the molecule is CCc1ccc(OC(=O)OCCN(CC)c2cccc(C)c2)cc1. The number of nitrogens with zero attached hydrogens (tertiary/aromatic N) is 1. The average Bonchev–Trinajstić information content (AvgIpc) is 2.59. The van der Waals surface area contributed by atoms with Gasteiger partial charge >= 0.3 is 6.16 Å². The molecule has 0 bridgehead atoms. The van der Waals surface area contributed by atoms with Crippen molar-refractivity contribution < 1.29 is 14.3 Å². The normalized spacial score (nSPS) is 10.3. The Morgan fingerprint density at radius 3 is 2.46 bits per heavy atom. The van der Waals surface area contributed by atoms with Gasteiger partial charge in [-0.15, -0.1) is 0 Å². The topological polar surface area (TPSA) is 38.8 Å². The lowest BCUT2D eigenvalue weighted by Crippen LogP contribution is -2.28. The van der Waals surface area contributed by atoms with Gasteiger partial charge in [-0.3, -0.25) is 0 Å². The van der Waals surface area contributed by atoms with Crippen molar-refractivity contribution in [1.82, 2.24) is 0 Å². The van der Waals surface area contributed by atoms with E-state index in [0.717, 1.165) is 18.7 Å². The Hall–Kier alpha value is -2.49. The second kappa shape index (κ2) is 8.96. The summed E-state index contributed by atoms with van der Waals surface area (Å²) in [5.74, 6) is 0.503. The summed E-state index contributed by atoms with van der Waals surface area (Å²) in [4.78, 5) is 13.9. The first-order valence-electron chi connectivity index (χ1n) is 8.37. The molecule has 4 heteroatoms. The Morgan fingerprint density at radius 1 is 1.08 bits per heavy atom. The van der Waals surface area contributed by atoms with Crippen LogP contribution in [0.5, 0.6) is 5.75 Å². The molecule has 0 aliphatic rings. The molecule has 0 heterocycles. The number of anilines is 1. The van der Waals surface area contributed by atoms with Crippen molar-refractivity contribution in [2.24, 2.45) is 0 Å². The number of likely N-dealkylation sites (N-methyl/N-ethyl adjacent to an activating group) is 1. The van der Waals surface area contributed by atoms with Crippen LogP contribution in [0.2, 0.25) is 0 Å². The number of benzene rings is 2. The van der Waals surface area contributed by atoms with Crippen molar-refractivity contribution in [2.45, 2.75) is 27.2 Å². The molecule has 24 heavy (non-hydrogen) atoms. The van der Waals surface area contributed by atoms with E-state index < -0.39 is 6.16 Å². The molecule has 2 rings (SSSR count). The van der Waals surface area contributed by atoms with E-state index in [1.165, 1.54) is 11.1 Å². The number of ether oxygens (including phenoxy) is 2. The van der Waals surface area contributed by atoms with Crippen molar-refractivity contribution in [2.75, 3.05) is 24.6 Å².